The number of likely N-dealkylation sites (tertiary alicyclic amines) is 2. The summed E-state index contributed by atoms with van der Waals surface area (Å²) in [4.78, 5) is 36.1. The van der Waals surface area contributed by atoms with Gasteiger partial charge in [0.1, 0.15) is 12.1 Å². The van der Waals surface area contributed by atoms with Crippen molar-refractivity contribution in [1.29, 1.82) is 0 Å². The van der Waals surface area contributed by atoms with E-state index in [2.05, 4.69) is 81.4 Å². The van der Waals surface area contributed by atoms with E-state index in [-0.39, 0.29) is 12.1 Å². The van der Waals surface area contributed by atoms with E-state index < -0.39 is 0 Å². The van der Waals surface area contributed by atoms with Crippen LogP contribution in [-0.4, -0.2) is 126 Å². The molecule has 0 N–H and O–H groups in total. The van der Waals surface area contributed by atoms with Crippen molar-refractivity contribution in [2.45, 2.75) is 103 Å². The van der Waals surface area contributed by atoms with E-state index in [0.717, 1.165) is 65.4 Å². The summed E-state index contributed by atoms with van der Waals surface area (Å²) in [6, 6.07) is 10.0. The Morgan fingerprint density at radius 3 is 1.22 bits per heavy atom. The molecule has 2 unspecified atom stereocenters. The number of carbonyl (C=O) groups excluding carboxylic acids is 1. The molecule has 4 fully saturated rings. The van der Waals surface area contributed by atoms with Crippen LogP contribution in [0.25, 0.3) is 0 Å². The standard InChI is InChI=1S/C37H60N6OS2/c1-29(2)40-19-23-42(24-20-40)35(33-13-11-31(45-33)27-38-15-7-5-8-16-38)37(44)36(43-25-21-41(22-26-43)30(3)4)34-14-12-32(46-34)28-39-17-9-6-10-18-39/h11-14,29-30,35-36H,5-10,15-28H2,1-4H3. The Morgan fingerprint density at radius 1 is 0.522 bits per heavy atom. The molecule has 0 spiro atoms. The van der Waals surface area contributed by atoms with Gasteiger partial charge in [0.25, 0.3) is 0 Å². The van der Waals surface area contributed by atoms with Crippen molar-refractivity contribution < 1.29 is 4.79 Å². The lowest BCUT2D eigenvalue weighted by molar-refractivity contribution is -0.131. The summed E-state index contributed by atoms with van der Waals surface area (Å²) in [5.74, 6) is 0.397. The molecule has 0 saturated carbocycles. The predicted octanol–water partition coefficient (Wildman–Crippen LogP) is 6.18. The number of hydrogen-bond donors (Lipinski definition) is 0. The molecule has 9 heteroatoms. The number of rotatable bonds is 12. The highest BCUT2D eigenvalue weighted by Crippen LogP contribution is 2.39. The number of carbonyl (C=O) groups is 1. The first kappa shape index (κ1) is 34.7. The number of nitrogens with zero attached hydrogens (tertiary/aromatic N) is 6. The first-order valence-corrected chi connectivity index (χ1v) is 20.1. The fourth-order valence-electron chi connectivity index (χ4n) is 8.10. The molecule has 6 heterocycles. The highest BCUT2D eigenvalue weighted by Gasteiger charge is 2.40. The normalized spacial score (nSPS) is 23.8. The number of piperidine rings is 2. The molecule has 2 atom stereocenters. The second-order valence-electron chi connectivity index (χ2n) is 14.8. The minimum absolute atomic E-state index is 0.185. The average Bonchev–Trinajstić information content (AvgIpc) is 3.72. The number of piperazine rings is 2. The van der Waals surface area contributed by atoms with Crippen LogP contribution < -0.4 is 0 Å². The fraction of sp³-hybridized carbons (Fsp3) is 0.757. The molecule has 6 rings (SSSR count). The number of thiophene rings is 2. The van der Waals surface area contributed by atoms with Gasteiger partial charge in [0.05, 0.1) is 0 Å². The summed E-state index contributed by atoms with van der Waals surface area (Å²) in [6.07, 6.45) is 7.97. The summed E-state index contributed by atoms with van der Waals surface area (Å²) < 4.78 is 0. The molecular formula is C37H60N6OS2. The van der Waals surface area contributed by atoms with Gasteiger partial charge in [0.2, 0.25) is 0 Å². The van der Waals surface area contributed by atoms with Crippen molar-refractivity contribution in [3.05, 3.63) is 43.8 Å². The third-order valence-corrected chi connectivity index (χ3v) is 13.2. The van der Waals surface area contributed by atoms with Crippen LogP contribution in [-0.2, 0) is 17.9 Å². The Morgan fingerprint density at radius 2 is 0.870 bits per heavy atom. The van der Waals surface area contributed by atoms with Gasteiger partial charge in [-0.1, -0.05) is 12.8 Å². The van der Waals surface area contributed by atoms with Gasteiger partial charge in [-0.2, -0.15) is 0 Å². The molecule has 0 aromatic carbocycles. The molecule has 0 radical (unpaired) electrons. The SMILES string of the molecule is CC(C)N1CCN(C(C(=O)C(c2ccc(CN3CCCCC3)s2)N2CCN(C(C)C)CC2)c2ccc(CN3CCCCC3)s2)CC1. The van der Waals surface area contributed by atoms with Gasteiger partial charge in [-0.05, 0) is 104 Å². The van der Waals surface area contributed by atoms with Crippen molar-refractivity contribution in [2.75, 3.05) is 78.5 Å². The molecule has 2 aromatic heterocycles. The van der Waals surface area contributed by atoms with Gasteiger partial charge in [-0.15, -0.1) is 22.7 Å². The Balaban J connectivity index is 1.28. The summed E-state index contributed by atoms with van der Waals surface area (Å²) >= 11 is 3.82. The number of hydrogen-bond acceptors (Lipinski definition) is 9. The van der Waals surface area contributed by atoms with Gasteiger partial charge in [0, 0.05) is 97.0 Å². The van der Waals surface area contributed by atoms with Crippen molar-refractivity contribution in [3.8, 4) is 0 Å². The van der Waals surface area contributed by atoms with Crippen molar-refractivity contribution in [1.82, 2.24) is 29.4 Å². The zero-order valence-corrected chi connectivity index (χ0v) is 30.8. The lowest BCUT2D eigenvalue weighted by Gasteiger charge is -2.43. The van der Waals surface area contributed by atoms with Crippen LogP contribution in [0.3, 0.4) is 0 Å². The first-order valence-electron chi connectivity index (χ1n) is 18.5. The van der Waals surface area contributed by atoms with E-state index in [9.17, 15) is 0 Å². The van der Waals surface area contributed by atoms with E-state index >= 15 is 4.79 Å². The zero-order chi connectivity index (χ0) is 32.0. The van der Waals surface area contributed by atoms with E-state index in [4.69, 9.17) is 0 Å². The smallest absolute Gasteiger partial charge is 0.177 e. The van der Waals surface area contributed by atoms with Gasteiger partial charge < -0.3 is 0 Å². The van der Waals surface area contributed by atoms with Crippen LogP contribution in [0.4, 0.5) is 0 Å². The lowest BCUT2D eigenvalue weighted by Crippen LogP contribution is -2.54. The largest absolute Gasteiger partial charge is 0.298 e. The molecular weight excluding hydrogens is 609 g/mol. The van der Waals surface area contributed by atoms with E-state index in [1.807, 2.05) is 22.7 Å². The predicted molar refractivity (Wildman–Crippen MR) is 194 cm³/mol. The molecule has 0 aliphatic carbocycles. The summed E-state index contributed by atoms with van der Waals surface area (Å²) in [6.45, 7) is 24.0. The monoisotopic (exact) mass is 668 g/mol. The third kappa shape index (κ3) is 8.70. The molecule has 256 valence electrons. The number of Topliss-reactive ketones (excluding diaryl/α,β-unsaturated/α-hetero) is 1. The van der Waals surface area contributed by atoms with E-state index in [1.165, 1.54) is 84.2 Å². The minimum atomic E-state index is -0.185. The lowest BCUT2D eigenvalue weighted by atomic mass is 9.97. The van der Waals surface area contributed by atoms with Crippen LogP contribution in [0, 0.1) is 0 Å². The maximum absolute atomic E-state index is 15.4. The topological polar surface area (TPSA) is 36.5 Å². The van der Waals surface area contributed by atoms with Crippen LogP contribution >= 0.6 is 22.7 Å². The van der Waals surface area contributed by atoms with Crippen LogP contribution in [0.15, 0.2) is 24.3 Å². The van der Waals surface area contributed by atoms with Gasteiger partial charge in [0.15, 0.2) is 5.78 Å². The van der Waals surface area contributed by atoms with Crippen LogP contribution in [0.5, 0.6) is 0 Å². The first-order chi connectivity index (χ1) is 22.4. The van der Waals surface area contributed by atoms with Crippen molar-refractivity contribution >= 4 is 28.5 Å². The minimum Gasteiger partial charge on any atom is -0.298 e. The second-order valence-corrected chi connectivity index (χ2v) is 17.2. The van der Waals surface area contributed by atoms with E-state index in [1.54, 1.807) is 0 Å². The highest BCUT2D eigenvalue weighted by molar-refractivity contribution is 7.12. The molecule has 46 heavy (non-hydrogen) atoms. The average molecular weight is 669 g/mol. The summed E-state index contributed by atoms with van der Waals surface area (Å²) in [5.41, 5.74) is 0. The molecule has 7 nitrogen and oxygen atoms in total. The van der Waals surface area contributed by atoms with Gasteiger partial charge in [-0.25, -0.2) is 0 Å². The highest BCUT2D eigenvalue weighted by atomic mass is 32.1. The molecule has 4 aliphatic rings. The fourth-order valence-corrected chi connectivity index (χ4v) is 10.5. The Kier molecular flexibility index (Phi) is 12.4. The van der Waals surface area contributed by atoms with Gasteiger partial charge in [-0.3, -0.25) is 34.2 Å². The number of ketones is 1. The van der Waals surface area contributed by atoms with Gasteiger partial charge >= 0.3 is 0 Å². The summed E-state index contributed by atoms with van der Waals surface area (Å²) in [5, 5.41) is 0. The zero-order valence-electron chi connectivity index (χ0n) is 29.2. The van der Waals surface area contributed by atoms with E-state index in [0.29, 0.717) is 17.9 Å². The molecule has 0 bridgehead atoms. The Labute approximate surface area is 287 Å². The molecule has 4 aliphatic heterocycles. The quantitative estimate of drug-likeness (QED) is 0.267. The third-order valence-electron chi connectivity index (χ3n) is 11.0. The second kappa shape index (κ2) is 16.5. The maximum Gasteiger partial charge on any atom is 0.177 e. The Hall–Kier alpha value is -1.17. The van der Waals surface area contributed by atoms with Crippen LogP contribution in [0.1, 0.15) is 97.8 Å². The molecule has 0 amide bonds. The Bertz CT molecular complexity index is 1120. The summed E-state index contributed by atoms with van der Waals surface area (Å²) in [7, 11) is 0. The van der Waals surface area contributed by atoms with Crippen LogP contribution in [0.2, 0.25) is 0 Å². The molecule has 2 aromatic rings. The van der Waals surface area contributed by atoms with Crippen molar-refractivity contribution in [2.24, 2.45) is 0 Å². The van der Waals surface area contributed by atoms with Crippen molar-refractivity contribution in [3.63, 3.8) is 0 Å². The molecule has 4 saturated heterocycles. The maximum atomic E-state index is 15.4.